The summed E-state index contributed by atoms with van der Waals surface area (Å²) >= 11 is 0. The van der Waals surface area contributed by atoms with E-state index in [-0.39, 0.29) is 18.9 Å². The van der Waals surface area contributed by atoms with E-state index in [1.54, 1.807) is 12.1 Å². The SMILES string of the molecule is NCc1ccc(COc2ccccc2C(F)(F)F)o1. The van der Waals surface area contributed by atoms with Crippen molar-refractivity contribution >= 4 is 0 Å². The molecule has 102 valence electrons. The third kappa shape index (κ3) is 3.29. The third-order valence-corrected chi connectivity index (χ3v) is 2.48. The van der Waals surface area contributed by atoms with Crippen LogP contribution in [0.4, 0.5) is 13.2 Å². The summed E-state index contributed by atoms with van der Waals surface area (Å²) < 4.78 is 48.5. The molecule has 0 aliphatic heterocycles. The molecule has 0 radical (unpaired) electrons. The lowest BCUT2D eigenvalue weighted by atomic mass is 10.2. The first-order valence-electron chi connectivity index (χ1n) is 5.57. The zero-order chi connectivity index (χ0) is 13.9. The Morgan fingerprint density at radius 3 is 2.37 bits per heavy atom. The van der Waals surface area contributed by atoms with E-state index in [2.05, 4.69) is 0 Å². The fourth-order valence-electron chi connectivity index (χ4n) is 1.59. The molecular weight excluding hydrogens is 259 g/mol. The maximum absolute atomic E-state index is 12.7. The zero-order valence-electron chi connectivity index (χ0n) is 9.91. The van der Waals surface area contributed by atoms with Gasteiger partial charge in [-0.25, -0.2) is 0 Å². The van der Waals surface area contributed by atoms with Crippen LogP contribution in [0.2, 0.25) is 0 Å². The fourth-order valence-corrected chi connectivity index (χ4v) is 1.59. The Bertz CT molecular complexity index is 549. The summed E-state index contributed by atoms with van der Waals surface area (Å²) in [6.07, 6.45) is -4.44. The van der Waals surface area contributed by atoms with Crippen LogP contribution in [0.5, 0.6) is 5.75 Å². The van der Waals surface area contributed by atoms with Crippen LogP contribution in [0, 0.1) is 0 Å². The number of ether oxygens (including phenoxy) is 1. The van der Waals surface area contributed by atoms with Crippen molar-refractivity contribution in [3.8, 4) is 5.75 Å². The number of furan rings is 1. The molecule has 1 aromatic carbocycles. The number of benzene rings is 1. The standard InChI is InChI=1S/C13H12F3NO2/c14-13(15,16)11-3-1-2-4-12(11)18-8-10-6-5-9(7-17)19-10/h1-6H,7-8,17H2. The molecule has 0 saturated heterocycles. The normalized spacial score (nSPS) is 11.6. The van der Waals surface area contributed by atoms with E-state index in [4.69, 9.17) is 14.9 Å². The average molecular weight is 271 g/mol. The van der Waals surface area contributed by atoms with Crippen molar-refractivity contribution in [2.75, 3.05) is 0 Å². The molecule has 6 heteroatoms. The van der Waals surface area contributed by atoms with Crippen LogP contribution in [0.25, 0.3) is 0 Å². The van der Waals surface area contributed by atoms with Crippen molar-refractivity contribution in [1.82, 2.24) is 0 Å². The van der Waals surface area contributed by atoms with Gasteiger partial charge in [-0.2, -0.15) is 13.2 Å². The minimum atomic E-state index is -4.44. The lowest BCUT2D eigenvalue weighted by Crippen LogP contribution is -2.08. The molecule has 0 saturated carbocycles. The first-order valence-corrected chi connectivity index (χ1v) is 5.57. The summed E-state index contributed by atoms with van der Waals surface area (Å²) in [7, 11) is 0. The summed E-state index contributed by atoms with van der Waals surface area (Å²) in [6.45, 7) is 0.159. The Kier molecular flexibility index (Phi) is 3.80. The maximum Gasteiger partial charge on any atom is 0.419 e. The molecule has 0 bridgehead atoms. The first kappa shape index (κ1) is 13.5. The number of alkyl halides is 3. The summed E-state index contributed by atoms with van der Waals surface area (Å²) in [5.41, 5.74) is 4.56. The number of para-hydroxylation sites is 1. The topological polar surface area (TPSA) is 48.4 Å². The highest BCUT2D eigenvalue weighted by atomic mass is 19.4. The molecule has 2 rings (SSSR count). The molecule has 2 aromatic rings. The second-order valence-electron chi connectivity index (χ2n) is 3.85. The van der Waals surface area contributed by atoms with Gasteiger partial charge in [0.2, 0.25) is 0 Å². The van der Waals surface area contributed by atoms with E-state index in [0.29, 0.717) is 11.5 Å². The minimum Gasteiger partial charge on any atom is -0.485 e. The van der Waals surface area contributed by atoms with Crippen LogP contribution in [-0.2, 0) is 19.3 Å². The van der Waals surface area contributed by atoms with Crippen LogP contribution in [-0.4, -0.2) is 0 Å². The number of nitrogens with two attached hydrogens (primary N) is 1. The van der Waals surface area contributed by atoms with Crippen LogP contribution in [0.3, 0.4) is 0 Å². The first-order chi connectivity index (χ1) is 9.00. The van der Waals surface area contributed by atoms with Crippen molar-refractivity contribution in [3.63, 3.8) is 0 Å². The number of halogens is 3. The van der Waals surface area contributed by atoms with Gasteiger partial charge in [-0.1, -0.05) is 12.1 Å². The van der Waals surface area contributed by atoms with Gasteiger partial charge < -0.3 is 14.9 Å². The second kappa shape index (κ2) is 5.36. The maximum atomic E-state index is 12.7. The lowest BCUT2D eigenvalue weighted by molar-refractivity contribution is -0.139. The smallest absolute Gasteiger partial charge is 0.419 e. The van der Waals surface area contributed by atoms with Crippen LogP contribution < -0.4 is 10.5 Å². The molecule has 0 aliphatic carbocycles. The lowest BCUT2D eigenvalue weighted by Gasteiger charge is -2.12. The van der Waals surface area contributed by atoms with E-state index in [0.717, 1.165) is 6.07 Å². The molecule has 3 nitrogen and oxygen atoms in total. The predicted molar refractivity (Wildman–Crippen MR) is 62.4 cm³/mol. The molecule has 0 unspecified atom stereocenters. The summed E-state index contributed by atoms with van der Waals surface area (Å²) in [5.74, 6) is 0.765. The van der Waals surface area contributed by atoms with Crippen molar-refractivity contribution in [1.29, 1.82) is 0 Å². The molecule has 0 amide bonds. The van der Waals surface area contributed by atoms with E-state index in [9.17, 15) is 13.2 Å². The predicted octanol–water partition coefficient (Wildman–Crippen LogP) is 3.34. The molecule has 1 heterocycles. The minimum absolute atomic E-state index is 0.0763. The summed E-state index contributed by atoms with van der Waals surface area (Å²) in [6, 6.07) is 8.33. The van der Waals surface area contributed by atoms with Gasteiger partial charge in [0.25, 0.3) is 0 Å². The highest BCUT2D eigenvalue weighted by molar-refractivity contribution is 5.35. The number of hydrogen-bond acceptors (Lipinski definition) is 3. The number of hydrogen-bond donors (Lipinski definition) is 1. The van der Waals surface area contributed by atoms with Crippen LogP contribution in [0.1, 0.15) is 17.1 Å². The Hall–Kier alpha value is -1.95. The zero-order valence-corrected chi connectivity index (χ0v) is 9.91. The quantitative estimate of drug-likeness (QED) is 0.927. The van der Waals surface area contributed by atoms with Gasteiger partial charge in [0.1, 0.15) is 23.9 Å². The van der Waals surface area contributed by atoms with Gasteiger partial charge in [-0.3, -0.25) is 0 Å². The van der Waals surface area contributed by atoms with E-state index >= 15 is 0 Å². The molecule has 0 fully saturated rings. The molecule has 19 heavy (non-hydrogen) atoms. The van der Waals surface area contributed by atoms with Crippen molar-refractivity contribution in [2.24, 2.45) is 5.73 Å². The molecule has 1 aromatic heterocycles. The fraction of sp³-hybridized carbons (Fsp3) is 0.231. The molecule has 0 aliphatic rings. The summed E-state index contributed by atoms with van der Waals surface area (Å²) in [5, 5.41) is 0. The Labute approximate surface area is 107 Å². The summed E-state index contributed by atoms with van der Waals surface area (Å²) in [4.78, 5) is 0. The molecular formula is C13H12F3NO2. The average Bonchev–Trinajstić information content (AvgIpc) is 2.83. The molecule has 0 atom stereocenters. The van der Waals surface area contributed by atoms with Gasteiger partial charge in [-0.05, 0) is 24.3 Å². The van der Waals surface area contributed by atoms with Gasteiger partial charge in [-0.15, -0.1) is 0 Å². The van der Waals surface area contributed by atoms with Crippen molar-refractivity contribution in [3.05, 3.63) is 53.5 Å². The Balaban J connectivity index is 2.11. The van der Waals surface area contributed by atoms with Crippen LogP contribution >= 0.6 is 0 Å². The Morgan fingerprint density at radius 2 is 1.74 bits per heavy atom. The van der Waals surface area contributed by atoms with Gasteiger partial charge in [0, 0.05) is 0 Å². The Morgan fingerprint density at radius 1 is 1.05 bits per heavy atom. The van der Waals surface area contributed by atoms with Gasteiger partial charge in [0.15, 0.2) is 0 Å². The number of rotatable bonds is 4. The van der Waals surface area contributed by atoms with Gasteiger partial charge >= 0.3 is 6.18 Å². The van der Waals surface area contributed by atoms with Crippen LogP contribution in [0.15, 0.2) is 40.8 Å². The second-order valence-corrected chi connectivity index (χ2v) is 3.85. The highest BCUT2D eigenvalue weighted by Gasteiger charge is 2.34. The van der Waals surface area contributed by atoms with E-state index in [1.807, 2.05) is 0 Å². The van der Waals surface area contributed by atoms with E-state index in [1.165, 1.54) is 18.2 Å². The molecule has 2 N–H and O–H groups in total. The van der Waals surface area contributed by atoms with Gasteiger partial charge in [0.05, 0.1) is 12.1 Å². The van der Waals surface area contributed by atoms with Crippen molar-refractivity contribution < 1.29 is 22.3 Å². The van der Waals surface area contributed by atoms with Crippen molar-refractivity contribution in [2.45, 2.75) is 19.3 Å². The third-order valence-electron chi connectivity index (χ3n) is 2.48. The molecule has 0 spiro atoms. The monoisotopic (exact) mass is 271 g/mol. The van der Waals surface area contributed by atoms with E-state index < -0.39 is 11.7 Å². The highest BCUT2D eigenvalue weighted by Crippen LogP contribution is 2.36. The largest absolute Gasteiger partial charge is 0.485 e.